The lowest BCUT2D eigenvalue weighted by atomic mass is 10.1. The summed E-state index contributed by atoms with van der Waals surface area (Å²) in [6, 6.07) is 4.22. The van der Waals surface area contributed by atoms with E-state index in [1.54, 1.807) is 0 Å². The van der Waals surface area contributed by atoms with Gasteiger partial charge in [-0.15, -0.1) is 11.6 Å². The third-order valence-electron chi connectivity index (χ3n) is 1.81. The van der Waals surface area contributed by atoms with Gasteiger partial charge in [-0.25, -0.2) is 0 Å². The van der Waals surface area contributed by atoms with Crippen molar-refractivity contribution in [3.05, 3.63) is 33.3 Å². The average Bonchev–Trinajstić information content (AvgIpc) is 1.97. The quantitative estimate of drug-likeness (QED) is 0.647. The van der Waals surface area contributed by atoms with E-state index in [1.807, 2.05) is 0 Å². The molecule has 0 saturated heterocycles. The number of aryl methyl sites for hydroxylation is 2. The first-order valence-corrected chi connectivity index (χ1v) is 4.79. The van der Waals surface area contributed by atoms with Gasteiger partial charge in [0.15, 0.2) is 0 Å². The summed E-state index contributed by atoms with van der Waals surface area (Å²) in [4.78, 5) is 0. The molecule has 0 aromatic heterocycles. The zero-order valence-electron chi connectivity index (χ0n) is 6.62. The van der Waals surface area contributed by atoms with Gasteiger partial charge < -0.3 is 0 Å². The second-order valence-electron chi connectivity index (χ2n) is 2.66. The molecule has 60 valence electrons. The van der Waals surface area contributed by atoms with Crippen molar-refractivity contribution in [2.75, 3.05) is 0 Å². The van der Waals surface area contributed by atoms with Crippen molar-refractivity contribution in [3.8, 4) is 0 Å². The van der Waals surface area contributed by atoms with Crippen molar-refractivity contribution in [1.29, 1.82) is 0 Å². The van der Waals surface area contributed by atoms with E-state index in [2.05, 4.69) is 41.9 Å². The molecule has 0 radical (unpaired) electrons. The smallest absolute Gasteiger partial charge is 0.0485 e. The fourth-order valence-corrected chi connectivity index (χ4v) is 1.92. The van der Waals surface area contributed by atoms with Crippen LogP contribution in [0.25, 0.3) is 0 Å². The Kier molecular flexibility index (Phi) is 2.97. The van der Waals surface area contributed by atoms with Crippen LogP contribution >= 0.6 is 27.5 Å². The molecular weight excluding hydrogens is 223 g/mol. The molecule has 0 unspecified atom stereocenters. The Morgan fingerprint density at radius 1 is 1.27 bits per heavy atom. The zero-order chi connectivity index (χ0) is 8.43. The summed E-state index contributed by atoms with van der Waals surface area (Å²) in [6.07, 6.45) is 0. The minimum atomic E-state index is 0.571. The Labute approximate surface area is 80.7 Å². The highest BCUT2D eigenvalue weighted by molar-refractivity contribution is 9.10. The summed E-state index contributed by atoms with van der Waals surface area (Å²) in [5.41, 5.74) is 3.75. The Hall–Kier alpha value is -0.0100. The van der Waals surface area contributed by atoms with Crippen molar-refractivity contribution >= 4 is 27.5 Å². The van der Waals surface area contributed by atoms with E-state index in [0.29, 0.717) is 5.88 Å². The fraction of sp³-hybridized carbons (Fsp3) is 0.333. The predicted molar refractivity (Wildman–Crippen MR) is 53.2 cm³/mol. The molecule has 1 rings (SSSR count). The van der Waals surface area contributed by atoms with Gasteiger partial charge in [-0.05, 0) is 36.6 Å². The maximum Gasteiger partial charge on any atom is 0.0485 e. The molecule has 0 heterocycles. The van der Waals surface area contributed by atoms with Crippen molar-refractivity contribution < 1.29 is 0 Å². The summed E-state index contributed by atoms with van der Waals surface area (Å²) in [6.45, 7) is 4.19. The Morgan fingerprint density at radius 2 is 1.82 bits per heavy atom. The van der Waals surface area contributed by atoms with Crippen LogP contribution in [-0.2, 0) is 5.88 Å². The highest BCUT2D eigenvalue weighted by Crippen LogP contribution is 2.22. The summed E-state index contributed by atoms with van der Waals surface area (Å²) in [5.74, 6) is 0.571. The summed E-state index contributed by atoms with van der Waals surface area (Å²) in [5, 5.41) is 0. The largest absolute Gasteiger partial charge is 0.122 e. The Balaban J connectivity index is 3.21. The maximum absolute atomic E-state index is 5.73. The molecule has 1 aromatic rings. The highest BCUT2D eigenvalue weighted by atomic mass is 79.9. The molecule has 11 heavy (non-hydrogen) atoms. The van der Waals surface area contributed by atoms with Crippen LogP contribution in [0.5, 0.6) is 0 Å². The van der Waals surface area contributed by atoms with E-state index in [9.17, 15) is 0 Å². The van der Waals surface area contributed by atoms with Gasteiger partial charge >= 0.3 is 0 Å². The molecule has 1 aromatic carbocycles. The summed E-state index contributed by atoms with van der Waals surface area (Å²) >= 11 is 9.18. The second-order valence-corrected chi connectivity index (χ2v) is 3.78. The van der Waals surface area contributed by atoms with Crippen molar-refractivity contribution in [2.24, 2.45) is 0 Å². The minimum absolute atomic E-state index is 0.571. The molecule has 0 amide bonds. The topological polar surface area (TPSA) is 0 Å². The lowest BCUT2D eigenvalue weighted by Crippen LogP contribution is -1.86. The number of hydrogen-bond donors (Lipinski definition) is 0. The molecule has 0 N–H and O–H groups in total. The van der Waals surface area contributed by atoms with E-state index in [-0.39, 0.29) is 0 Å². The zero-order valence-corrected chi connectivity index (χ0v) is 8.96. The number of benzene rings is 1. The minimum Gasteiger partial charge on any atom is -0.122 e. The van der Waals surface area contributed by atoms with Gasteiger partial charge in [-0.2, -0.15) is 0 Å². The van der Waals surface area contributed by atoms with Crippen molar-refractivity contribution in [2.45, 2.75) is 19.7 Å². The molecule has 0 fully saturated rings. The molecule has 0 atom stereocenters. The van der Waals surface area contributed by atoms with E-state index in [0.717, 1.165) is 10.0 Å². The first kappa shape index (κ1) is 9.08. The predicted octanol–water partition coefficient (Wildman–Crippen LogP) is 3.80. The number of hydrogen-bond acceptors (Lipinski definition) is 0. The van der Waals surface area contributed by atoms with E-state index in [4.69, 9.17) is 11.6 Å². The maximum atomic E-state index is 5.73. The van der Waals surface area contributed by atoms with Crippen molar-refractivity contribution in [3.63, 3.8) is 0 Å². The van der Waals surface area contributed by atoms with Crippen molar-refractivity contribution in [1.82, 2.24) is 0 Å². The van der Waals surface area contributed by atoms with Gasteiger partial charge in [0.05, 0.1) is 0 Å². The van der Waals surface area contributed by atoms with Crippen LogP contribution in [0.2, 0.25) is 0 Å². The molecule has 0 aliphatic carbocycles. The molecule has 0 nitrogen and oxygen atoms in total. The van der Waals surface area contributed by atoms with Crippen LogP contribution in [0, 0.1) is 13.8 Å². The summed E-state index contributed by atoms with van der Waals surface area (Å²) < 4.78 is 1.11. The van der Waals surface area contributed by atoms with Crippen LogP contribution in [0.15, 0.2) is 16.6 Å². The number of alkyl halides is 1. The van der Waals surface area contributed by atoms with Gasteiger partial charge in [-0.3, -0.25) is 0 Å². The molecule has 0 bridgehead atoms. The Morgan fingerprint density at radius 3 is 2.36 bits per heavy atom. The van der Waals surface area contributed by atoms with E-state index in [1.165, 1.54) is 11.1 Å². The number of halogens is 2. The molecular formula is C9H10BrCl. The lowest BCUT2D eigenvalue weighted by Gasteiger charge is -2.04. The molecule has 0 spiro atoms. The first-order valence-electron chi connectivity index (χ1n) is 3.46. The third-order valence-corrected chi connectivity index (χ3v) is 2.83. The van der Waals surface area contributed by atoms with Gasteiger partial charge in [0, 0.05) is 10.4 Å². The summed E-state index contributed by atoms with van der Waals surface area (Å²) in [7, 11) is 0. The average molecular weight is 234 g/mol. The van der Waals surface area contributed by atoms with Crippen LogP contribution < -0.4 is 0 Å². The standard InChI is InChI=1S/C9H10BrCl/c1-6-3-8(5-11)9(10)4-7(6)2/h3-4H,5H2,1-2H3. The molecule has 2 heteroatoms. The molecule has 0 saturated carbocycles. The van der Waals surface area contributed by atoms with Crippen LogP contribution in [0.4, 0.5) is 0 Å². The molecule has 0 aliphatic rings. The Bertz CT molecular complexity index is 269. The lowest BCUT2D eigenvalue weighted by molar-refractivity contribution is 1.26. The van der Waals surface area contributed by atoms with Gasteiger partial charge in [-0.1, -0.05) is 22.0 Å². The van der Waals surface area contributed by atoms with Gasteiger partial charge in [0.1, 0.15) is 0 Å². The van der Waals surface area contributed by atoms with Gasteiger partial charge in [0.25, 0.3) is 0 Å². The first-order chi connectivity index (χ1) is 5.15. The highest BCUT2D eigenvalue weighted by Gasteiger charge is 2.00. The van der Waals surface area contributed by atoms with Gasteiger partial charge in [0.2, 0.25) is 0 Å². The van der Waals surface area contributed by atoms with E-state index >= 15 is 0 Å². The van der Waals surface area contributed by atoms with E-state index < -0.39 is 0 Å². The van der Waals surface area contributed by atoms with Crippen LogP contribution in [0.3, 0.4) is 0 Å². The van der Waals surface area contributed by atoms with Crippen LogP contribution in [-0.4, -0.2) is 0 Å². The SMILES string of the molecule is Cc1cc(Br)c(CCl)cc1C. The normalized spacial score (nSPS) is 10.2. The fourth-order valence-electron chi connectivity index (χ4n) is 0.943. The molecule has 0 aliphatic heterocycles. The second kappa shape index (κ2) is 3.59. The monoisotopic (exact) mass is 232 g/mol. The van der Waals surface area contributed by atoms with Crippen LogP contribution in [0.1, 0.15) is 16.7 Å². The third kappa shape index (κ3) is 1.97. The number of rotatable bonds is 1.